The van der Waals surface area contributed by atoms with Crippen LogP contribution in [-0.2, 0) is 0 Å². The fraction of sp³-hybridized carbons (Fsp3) is 0.100. The van der Waals surface area contributed by atoms with Gasteiger partial charge in [0.05, 0.1) is 12.5 Å². The molecule has 0 fully saturated rings. The van der Waals surface area contributed by atoms with E-state index in [2.05, 4.69) is 4.98 Å². The molecule has 0 unspecified atom stereocenters. The highest BCUT2D eigenvalue weighted by molar-refractivity contribution is 5.71. The molecule has 1 rings (SSSR count). The number of aromatic nitrogens is 1. The SMILES string of the molecule is N#CCC=Cc1ccc(C=O)nc1. The van der Waals surface area contributed by atoms with E-state index in [4.69, 9.17) is 5.26 Å². The summed E-state index contributed by atoms with van der Waals surface area (Å²) in [6, 6.07) is 5.42. The second-order valence-electron chi connectivity index (χ2n) is 2.40. The largest absolute Gasteiger partial charge is 0.296 e. The number of aldehydes is 1. The minimum Gasteiger partial charge on any atom is -0.296 e. The molecule has 0 bridgehead atoms. The van der Waals surface area contributed by atoms with Crippen LogP contribution in [0.15, 0.2) is 24.4 Å². The monoisotopic (exact) mass is 172 g/mol. The molecule has 0 saturated carbocycles. The number of pyridine rings is 1. The smallest absolute Gasteiger partial charge is 0.168 e. The first-order valence-corrected chi connectivity index (χ1v) is 3.81. The van der Waals surface area contributed by atoms with Crippen molar-refractivity contribution < 1.29 is 4.79 Å². The van der Waals surface area contributed by atoms with E-state index in [1.165, 1.54) is 0 Å². The molecule has 0 aromatic carbocycles. The van der Waals surface area contributed by atoms with Crippen LogP contribution >= 0.6 is 0 Å². The first kappa shape index (κ1) is 9.14. The fourth-order valence-electron chi connectivity index (χ4n) is 0.833. The summed E-state index contributed by atoms with van der Waals surface area (Å²) >= 11 is 0. The molecular formula is C10H8N2O. The van der Waals surface area contributed by atoms with Crippen LogP contribution in [0.1, 0.15) is 22.5 Å². The maximum atomic E-state index is 10.3. The number of carbonyl (C=O) groups excluding carboxylic acids is 1. The summed E-state index contributed by atoms with van der Waals surface area (Å²) in [4.78, 5) is 14.1. The van der Waals surface area contributed by atoms with Crippen molar-refractivity contribution in [3.63, 3.8) is 0 Å². The number of nitriles is 1. The highest BCUT2D eigenvalue weighted by Crippen LogP contribution is 2.01. The van der Waals surface area contributed by atoms with Crippen LogP contribution in [0.4, 0.5) is 0 Å². The second kappa shape index (κ2) is 4.83. The third-order valence-corrected chi connectivity index (χ3v) is 1.45. The van der Waals surface area contributed by atoms with Crippen molar-refractivity contribution in [3.8, 4) is 6.07 Å². The predicted molar refractivity (Wildman–Crippen MR) is 48.9 cm³/mol. The molecule has 0 N–H and O–H groups in total. The number of carbonyl (C=O) groups is 1. The minimum atomic E-state index is 0.384. The van der Waals surface area contributed by atoms with Gasteiger partial charge in [0.15, 0.2) is 6.29 Å². The average molecular weight is 172 g/mol. The Morgan fingerprint density at radius 2 is 2.38 bits per heavy atom. The summed E-state index contributed by atoms with van der Waals surface area (Å²) in [6.07, 6.45) is 6.22. The van der Waals surface area contributed by atoms with Gasteiger partial charge < -0.3 is 0 Å². The van der Waals surface area contributed by atoms with E-state index in [-0.39, 0.29) is 0 Å². The van der Waals surface area contributed by atoms with Gasteiger partial charge in [0.25, 0.3) is 0 Å². The standard InChI is InChI=1S/C10H8N2O/c11-6-2-1-3-9-4-5-10(8-13)12-7-9/h1,3-5,7-8H,2H2. The van der Waals surface area contributed by atoms with E-state index in [9.17, 15) is 4.79 Å². The summed E-state index contributed by atoms with van der Waals surface area (Å²) in [6.45, 7) is 0. The van der Waals surface area contributed by atoms with Gasteiger partial charge in [0.1, 0.15) is 5.69 Å². The fourth-order valence-corrected chi connectivity index (χ4v) is 0.833. The molecule has 0 saturated heterocycles. The molecular weight excluding hydrogens is 164 g/mol. The Kier molecular flexibility index (Phi) is 3.40. The van der Waals surface area contributed by atoms with Crippen molar-refractivity contribution >= 4 is 12.4 Å². The molecule has 64 valence electrons. The highest BCUT2D eigenvalue weighted by Gasteiger charge is 1.89. The van der Waals surface area contributed by atoms with Crippen LogP contribution in [0.3, 0.4) is 0 Å². The lowest BCUT2D eigenvalue weighted by Crippen LogP contribution is -1.85. The van der Waals surface area contributed by atoms with Crippen LogP contribution in [0, 0.1) is 11.3 Å². The van der Waals surface area contributed by atoms with Crippen molar-refractivity contribution in [2.75, 3.05) is 0 Å². The lowest BCUT2D eigenvalue weighted by atomic mass is 10.2. The minimum absolute atomic E-state index is 0.384. The predicted octanol–water partition coefficient (Wildman–Crippen LogP) is 1.82. The van der Waals surface area contributed by atoms with Crippen molar-refractivity contribution in [1.82, 2.24) is 4.98 Å². The molecule has 1 aromatic rings. The molecule has 0 spiro atoms. The Morgan fingerprint density at radius 3 is 2.92 bits per heavy atom. The van der Waals surface area contributed by atoms with Crippen molar-refractivity contribution in [3.05, 3.63) is 35.7 Å². The van der Waals surface area contributed by atoms with E-state index >= 15 is 0 Å². The van der Waals surface area contributed by atoms with Crippen LogP contribution < -0.4 is 0 Å². The van der Waals surface area contributed by atoms with Gasteiger partial charge in [-0.3, -0.25) is 9.78 Å². The second-order valence-corrected chi connectivity index (χ2v) is 2.40. The van der Waals surface area contributed by atoms with E-state index in [0.29, 0.717) is 18.4 Å². The lowest BCUT2D eigenvalue weighted by Gasteiger charge is -1.91. The number of allylic oxidation sites excluding steroid dienone is 1. The van der Waals surface area contributed by atoms with Crippen LogP contribution in [0.2, 0.25) is 0 Å². The molecule has 0 aliphatic heterocycles. The molecule has 13 heavy (non-hydrogen) atoms. The van der Waals surface area contributed by atoms with Gasteiger partial charge in [-0.1, -0.05) is 18.2 Å². The lowest BCUT2D eigenvalue weighted by molar-refractivity contribution is 0.111. The topological polar surface area (TPSA) is 53.8 Å². The summed E-state index contributed by atoms with van der Waals surface area (Å²) < 4.78 is 0. The third-order valence-electron chi connectivity index (χ3n) is 1.45. The number of nitrogens with zero attached hydrogens (tertiary/aromatic N) is 2. The first-order valence-electron chi connectivity index (χ1n) is 3.81. The van der Waals surface area contributed by atoms with Gasteiger partial charge in [0, 0.05) is 6.20 Å². The Morgan fingerprint density at radius 1 is 1.54 bits per heavy atom. The van der Waals surface area contributed by atoms with E-state index in [0.717, 1.165) is 5.56 Å². The summed E-state index contributed by atoms with van der Waals surface area (Å²) in [5.74, 6) is 0. The molecule has 1 aromatic heterocycles. The molecule has 0 atom stereocenters. The zero-order valence-corrected chi connectivity index (χ0v) is 6.97. The molecule has 1 heterocycles. The number of hydrogen-bond donors (Lipinski definition) is 0. The van der Waals surface area contributed by atoms with Crippen molar-refractivity contribution in [2.45, 2.75) is 6.42 Å². The Bertz CT molecular complexity index is 346. The zero-order valence-electron chi connectivity index (χ0n) is 6.97. The molecule has 0 amide bonds. The number of hydrogen-bond acceptors (Lipinski definition) is 3. The molecule has 3 heteroatoms. The Labute approximate surface area is 76.3 Å². The normalized spacial score (nSPS) is 9.77. The van der Waals surface area contributed by atoms with Crippen LogP contribution in [0.25, 0.3) is 6.08 Å². The van der Waals surface area contributed by atoms with Gasteiger partial charge in [-0.25, -0.2) is 0 Å². The maximum Gasteiger partial charge on any atom is 0.168 e. The zero-order chi connectivity index (χ0) is 9.52. The molecule has 0 aliphatic rings. The van der Waals surface area contributed by atoms with Crippen molar-refractivity contribution in [1.29, 1.82) is 5.26 Å². The van der Waals surface area contributed by atoms with Gasteiger partial charge in [-0.05, 0) is 11.6 Å². The maximum absolute atomic E-state index is 10.3. The molecule has 0 radical (unpaired) electrons. The van der Waals surface area contributed by atoms with E-state index in [1.54, 1.807) is 30.5 Å². The molecule has 3 nitrogen and oxygen atoms in total. The average Bonchev–Trinajstić information content (AvgIpc) is 2.19. The van der Waals surface area contributed by atoms with E-state index < -0.39 is 0 Å². The third kappa shape index (κ3) is 2.88. The number of rotatable bonds is 3. The first-order chi connectivity index (χ1) is 6.36. The summed E-state index contributed by atoms with van der Waals surface area (Å²) in [7, 11) is 0. The Balaban J connectivity index is 2.70. The van der Waals surface area contributed by atoms with Crippen LogP contribution in [0.5, 0.6) is 0 Å². The van der Waals surface area contributed by atoms with Gasteiger partial charge >= 0.3 is 0 Å². The van der Waals surface area contributed by atoms with Crippen LogP contribution in [-0.4, -0.2) is 11.3 Å². The van der Waals surface area contributed by atoms with Crippen molar-refractivity contribution in [2.24, 2.45) is 0 Å². The Hall–Kier alpha value is -1.95. The quantitative estimate of drug-likeness (QED) is 0.653. The summed E-state index contributed by atoms with van der Waals surface area (Å²) in [5.41, 5.74) is 1.30. The molecule has 0 aliphatic carbocycles. The highest BCUT2D eigenvalue weighted by atomic mass is 16.1. The van der Waals surface area contributed by atoms with Gasteiger partial charge in [-0.15, -0.1) is 0 Å². The summed E-state index contributed by atoms with van der Waals surface area (Å²) in [5, 5.41) is 8.26. The van der Waals surface area contributed by atoms with Gasteiger partial charge in [-0.2, -0.15) is 5.26 Å². The van der Waals surface area contributed by atoms with E-state index in [1.807, 2.05) is 6.07 Å². The van der Waals surface area contributed by atoms with Gasteiger partial charge in [0.2, 0.25) is 0 Å².